The molecule has 9 nitrogen and oxygen atoms in total. The highest BCUT2D eigenvalue weighted by molar-refractivity contribution is 5.76. The molecule has 1 amide bonds. The van der Waals surface area contributed by atoms with Crippen LogP contribution in [-0.4, -0.2) is 87.5 Å². The topological polar surface area (TPSA) is 149 Å². The van der Waals surface area contributed by atoms with Gasteiger partial charge in [-0.2, -0.15) is 0 Å². The van der Waals surface area contributed by atoms with Crippen LogP contribution >= 0.6 is 0 Å². The number of allylic oxidation sites excluding steroid dienone is 11. The second-order valence-electron chi connectivity index (χ2n) is 26.8. The van der Waals surface area contributed by atoms with E-state index in [0.29, 0.717) is 6.42 Å². The molecular weight excluding hydrogens is 1100 g/mol. The molecular formula is C80H147NO8. The zero-order chi connectivity index (χ0) is 64.2. The van der Waals surface area contributed by atoms with Gasteiger partial charge in [0.05, 0.1) is 25.4 Å². The lowest BCUT2D eigenvalue weighted by molar-refractivity contribution is -0.302. The van der Waals surface area contributed by atoms with Crippen molar-refractivity contribution in [3.63, 3.8) is 0 Å². The summed E-state index contributed by atoms with van der Waals surface area (Å²) >= 11 is 0. The SMILES string of the molecule is CC/C=C\C/C=C\C/C=C\C/C=C\C/C=C\CCCCCCCCCCCCCCCCCCCCCC(=O)NC(COC1OC(CO)C(O)C(O)C1O)C(O)/C=C/CCCCCCCCCCCCCCCCCCCCCCCCCCCCCCC. The van der Waals surface area contributed by atoms with Crippen LogP contribution in [0.1, 0.15) is 373 Å². The number of rotatable bonds is 68. The van der Waals surface area contributed by atoms with E-state index in [0.717, 1.165) is 70.6 Å². The Kier molecular flexibility index (Phi) is 65.1. The molecule has 1 aliphatic heterocycles. The fourth-order valence-electron chi connectivity index (χ4n) is 12.3. The summed E-state index contributed by atoms with van der Waals surface area (Å²) in [6.07, 6.45) is 90.3. The summed E-state index contributed by atoms with van der Waals surface area (Å²) in [4.78, 5) is 13.2. The Morgan fingerprint density at radius 1 is 0.393 bits per heavy atom. The van der Waals surface area contributed by atoms with Gasteiger partial charge >= 0.3 is 0 Å². The molecule has 1 fully saturated rings. The smallest absolute Gasteiger partial charge is 0.220 e. The van der Waals surface area contributed by atoms with Crippen LogP contribution in [-0.2, 0) is 14.3 Å². The number of aliphatic hydroxyl groups excluding tert-OH is 5. The van der Waals surface area contributed by atoms with Gasteiger partial charge in [-0.3, -0.25) is 4.79 Å². The number of hydrogen-bond donors (Lipinski definition) is 6. The maximum Gasteiger partial charge on any atom is 0.220 e. The van der Waals surface area contributed by atoms with Crippen molar-refractivity contribution in [3.05, 3.63) is 72.9 Å². The van der Waals surface area contributed by atoms with Crippen molar-refractivity contribution >= 4 is 5.91 Å². The molecule has 0 radical (unpaired) electrons. The van der Waals surface area contributed by atoms with Crippen molar-refractivity contribution < 1.29 is 39.8 Å². The van der Waals surface area contributed by atoms with Crippen LogP contribution in [0.15, 0.2) is 72.9 Å². The molecule has 0 bridgehead atoms. The fourth-order valence-corrected chi connectivity index (χ4v) is 12.3. The van der Waals surface area contributed by atoms with Gasteiger partial charge in [-0.05, 0) is 64.2 Å². The quantitative estimate of drug-likeness (QED) is 0.0261. The summed E-state index contributed by atoms with van der Waals surface area (Å²) in [6.45, 7) is 3.72. The summed E-state index contributed by atoms with van der Waals surface area (Å²) in [5.41, 5.74) is 0. The molecule has 0 spiro atoms. The molecule has 1 heterocycles. The van der Waals surface area contributed by atoms with Gasteiger partial charge in [-0.1, -0.05) is 376 Å². The van der Waals surface area contributed by atoms with E-state index < -0.39 is 49.5 Å². The average molecular weight is 1250 g/mol. The van der Waals surface area contributed by atoms with Crippen LogP contribution in [0.2, 0.25) is 0 Å². The maximum absolute atomic E-state index is 13.2. The lowest BCUT2D eigenvalue weighted by atomic mass is 9.99. The van der Waals surface area contributed by atoms with E-state index in [1.165, 1.54) is 283 Å². The monoisotopic (exact) mass is 1250 g/mol. The molecule has 1 rings (SSSR count). The van der Waals surface area contributed by atoms with Gasteiger partial charge in [0.1, 0.15) is 24.4 Å². The molecule has 6 N–H and O–H groups in total. The molecule has 0 aromatic carbocycles. The lowest BCUT2D eigenvalue weighted by Gasteiger charge is -2.40. The van der Waals surface area contributed by atoms with Gasteiger partial charge < -0.3 is 40.3 Å². The van der Waals surface area contributed by atoms with Gasteiger partial charge in [0.15, 0.2) is 6.29 Å². The zero-order valence-corrected chi connectivity index (χ0v) is 58.4. The van der Waals surface area contributed by atoms with Gasteiger partial charge in [0, 0.05) is 6.42 Å². The van der Waals surface area contributed by atoms with E-state index in [1.807, 2.05) is 6.08 Å². The molecule has 7 unspecified atom stereocenters. The Labute approximate surface area is 550 Å². The lowest BCUT2D eigenvalue weighted by Crippen LogP contribution is -2.60. The Hall–Kier alpha value is -2.37. The zero-order valence-electron chi connectivity index (χ0n) is 58.4. The van der Waals surface area contributed by atoms with Crippen LogP contribution in [0.3, 0.4) is 0 Å². The first-order valence-corrected chi connectivity index (χ1v) is 38.7. The van der Waals surface area contributed by atoms with Crippen LogP contribution in [0.5, 0.6) is 0 Å². The van der Waals surface area contributed by atoms with E-state index in [9.17, 15) is 30.3 Å². The van der Waals surface area contributed by atoms with E-state index in [2.05, 4.69) is 79.9 Å². The minimum absolute atomic E-state index is 0.171. The number of nitrogens with one attached hydrogen (secondary N) is 1. The third-order valence-electron chi connectivity index (χ3n) is 18.3. The van der Waals surface area contributed by atoms with Crippen molar-refractivity contribution in [1.82, 2.24) is 5.32 Å². The first-order chi connectivity index (χ1) is 43.8. The second-order valence-corrected chi connectivity index (χ2v) is 26.8. The molecule has 89 heavy (non-hydrogen) atoms. The molecule has 9 heteroatoms. The van der Waals surface area contributed by atoms with E-state index in [-0.39, 0.29) is 12.5 Å². The first-order valence-electron chi connectivity index (χ1n) is 38.7. The summed E-state index contributed by atoms with van der Waals surface area (Å²) < 4.78 is 11.3. The Balaban J connectivity index is 2.08. The van der Waals surface area contributed by atoms with Crippen molar-refractivity contribution in [1.29, 1.82) is 0 Å². The van der Waals surface area contributed by atoms with Crippen molar-refractivity contribution in [2.75, 3.05) is 13.2 Å². The van der Waals surface area contributed by atoms with Crippen molar-refractivity contribution in [2.24, 2.45) is 0 Å². The molecule has 1 saturated heterocycles. The molecule has 520 valence electrons. The predicted octanol–water partition coefficient (Wildman–Crippen LogP) is 21.9. The van der Waals surface area contributed by atoms with Gasteiger partial charge in [0.2, 0.25) is 5.91 Å². The van der Waals surface area contributed by atoms with Crippen LogP contribution in [0.25, 0.3) is 0 Å². The summed E-state index contributed by atoms with van der Waals surface area (Å²) in [7, 11) is 0. The van der Waals surface area contributed by atoms with Gasteiger partial charge in [-0.15, -0.1) is 0 Å². The minimum atomic E-state index is -1.57. The molecule has 1 aliphatic rings. The number of carbonyl (C=O) groups is 1. The van der Waals surface area contributed by atoms with Gasteiger partial charge in [-0.25, -0.2) is 0 Å². The third-order valence-corrected chi connectivity index (χ3v) is 18.3. The van der Waals surface area contributed by atoms with Crippen molar-refractivity contribution in [2.45, 2.75) is 416 Å². The normalized spacial score (nSPS) is 18.2. The van der Waals surface area contributed by atoms with E-state index in [1.54, 1.807) is 6.08 Å². The Morgan fingerprint density at radius 2 is 0.697 bits per heavy atom. The summed E-state index contributed by atoms with van der Waals surface area (Å²) in [5.74, 6) is -0.171. The largest absolute Gasteiger partial charge is 0.394 e. The van der Waals surface area contributed by atoms with E-state index >= 15 is 0 Å². The molecule has 0 aromatic heterocycles. The fraction of sp³-hybridized carbons (Fsp3) is 0.838. The molecule has 0 aromatic rings. The van der Waals surface area contributed by atoms with Crippen LogP contribution in [0, 0.1) is 0 Å². The first kappa shape index (κ1) is 84.6. The minimum Gasteiger partial charge on any atom is -0.394 e. The third kappa shape index (κ3) is 56.9. The Bertz CT molecular complexity index is 1640. The molecule has 0 saturated carbocycles. The van der Waals surface area contributed by atoms with Crippen LogP contribution in [0.4, 0.5) is 0 Å². The van der Waals surface area contributed by atoms with Gasteiger partial charge in [0.25, 0.3) is 0 Å². The number of aliphatic hydroxyl groups is 5. The number of ether oxygens (including phenoxy) is 2. The number of hydrogen-bond acceptors (Lipinski definition) is 8. The number of amides is 1. The predicted molar refractivity (Wildman–Crippen MR) is 382 cm³/mol. The summed E-state index contributed by atoms with van der Waals surface area (Å²) in [5, 5.41) is 54.9. The second kappa shape index (κ2) is 68.5. The van der Waals surface area contributed by atoms with Crippen LogP contribution < -0.4 is 5.32 Å². The highest BCUT2D eigenvalue weighted by Crippen LogP contribution is 2.24. The number of unbranched alkanes of at least 4 members (excludes halogenated alkanes) is 48. The molecule has 7 atom stereocenters. The maximum atomic E-state index is 13.2. The van der Waals surface area contributed by atoms with Crippen molar-refractivity contribution in [3.8, 4) is 0 Å². The molecule has 0 aliphatic carbocycles. The average Bonchev–Trinajstić information content (AvgIpc) is 2.28. The Morgan fingerprint density at radius 3 is 1.03 bits per heavy atom. The highest BCUT2D eigenvalue weighted by Gasteiger charge is 2.44. The summed E-state index contributed by atoms with van der Waals surface area (Å²) in [6, 6.07) is -0.808. The highest BCUT2D eigenvalue weighted by atomic mass is 16.7. The van der Waals surface area contributed by atoms with E-state index in [4.69, 9.17) is 9.47 Å². The standard InChI is InChI=1S/C80H147NO8/c1-3-5-7-9-11-13-15-17-19-21-23-25-27-29-31-33-35-36-37-38-40-42-44-46-48-50-52-54-56-58-60-62-64-66-68-70-76(84)81-73(72-88-80-79(87)78(86)77(85)75(71-82)89-80)74(83)69-67-65-63-61-59-57-55-53-51-49-47-45-43-41-39-34-32-30-28-26-24-22-20-18-16-14-12-10-8-6-4-2/h5,7,11,13,17,19,23,25,29,31,67,69,73-75,77-80,82-83,85-87H,3-4,6,8-10,12,14-16,18,20-22,24,26-28,30,32-66,68,70-72H2,1-2H3,(H,81,84)/b7-5-,13-11-,19-17-,25-23-,31-29-,69-67+. The number of carbonyl (C=O) groups excluding carboxylic acids is 1.